The highest BCUT2D eigenvalue weighted by atomic mass is 35.5. The minimum Gasteiger partial charge on any atom is -0.359 e. The van der Waals surface area contributed by atoms with E-state index in [1.807, 2.05) is 36.0 Å². The maximum Gasteiger partial charge on any atom is 0.205 e. The van der Waals surface area contributed by atoms with E-state index in [0.29, 0.717) is 5.25 Å². The second kappa shape index (κ2) is 7.72. The summed E-state index contributed by atoms with van der Waals surface area (Å²) in [6.07, 6.45) is 0.810. The number of hydrogen-bond acceptors (Lipinski definition) is 6. The van der Waals surface area contributed by atoms with Crippen molar-refractivity contribution >= 4 is 51.6 Å². The van der Waals surface area contributed by atoms with Gasteiger partial charge in [0.1, 0.15) is 5.01 Å². The molecule has 2 aromatic rings. The first-order valence-electron chi connectivity index (χ1n) is 6.79. The Bertz CT molecular complexity index is 567. The molecule has 1 aromatic heterocycles. The van der Waals surface area contributed by atoms with Gasteiger partial charge in [0, 0.05) is 40.5 Å². The topological polar surface area (TPSA) is 37.8 Å². The Morgan fingerprint density at radius 2 is 2.05 bits per heavy atom. The molecule has 1 aromatic carbocycles. The highest BCUT2D eigenvalue weighted by Gasteiger charge is 2.14. The van der Waals surface area contributed by atoms with Gasteiger partial charge in [-0.3, -0.25) is 0 Å². The molecule has 1 unspecified atom stereocenters. The first-order valence-corrected chi connectivity index (χ1v) is 10.2. The number of thioether (sulfide) groups is 2. The van der Waals surface area contributed by atoms with E-state index in [0.717, 1.165) is 28.1 Å². The van der Waals surface area contributed by atoms with Crippen LogP contribution in [0.4, 0.5) is 5.13 Å². The van der Waals surface area contributed by atoms with Gasteiger partial charge in [0.25, 0.3) is 0 Å². The lowest BCUT2D eigenvalue weighted by Crippen LogP contribution is -2.23. The summed E-state index contributed by atoms with van der Waals surface area (Å²) in [5.74, 6) is 3.77. The number of halogens is 1. The lowest BCUT2D eigenvalue weighted by Gasteiger charge is -2.20. The minimum atomic E-state index is 0.687. The number of rotatable bonds is 5. The SMILES string of the molecule is Clc1ccc(Cc2nnc(NCC3CSCCS3)s2)cc1. The van der Waals surface area contributed by atoms with Crippen molar-refractivity contribution in [3.05, 3.63) is 39.9 Å². The molecular weight excluding hydrogens is 342 g/mol. The Kier molecular flexibility index (Phi) is 5.68. The summed E-state index contributed by atoms with van der Waals surface area (Å²) >= 11 is 11.6. The largest absolute Gasteiger partial charge is 0.359 e. The number of nitrogens with one attached hydrogen (secondary N) is 1. The zero-order chi connectivity index (χ0) is 14.5. The fraction of sp³-hybridized carbons (Fsp3) is 0.429. The van der Waals surface area contributed by atoms with E-state index in [-0.39, 0.29) is 0 Å². The molecule has 1 fully saturated rings. The molecule has 1 aliphatic heterocycles. The van der Waals surface area contributed by atoms with E-state index >= 15 is 0 Å². The van der Waals surface area contributed by atoms with Gasteiger partial charge < -0.3 is 5.32 Å². The Labute approximate surface area is 142 Å². The van der Waals surface area contributed by atoms with Crippen LogP contribution < -0.4 is 5.32 Å². The molecule has 1 aliphatic rings. The highest BCUT2D eigenvalue weighted by molar-refractivity contribution is 8.06. The standard InChI is InChI=1S/C14H16ClN3S3/c15-11-3-1-10(2-4-11)7-13-17-18-14(21-13)16-8-12-9-19-5-6-20-12/h1-4,12H,5-9H2,(H,16,18). The Hall–Kier alpha value is -0.430. The van der Waals surface area contributed by atoms with Crippen LogP contribution in [0.1, 0.15) is 10.6 Å². The lowest BCUT2D eigenvalue weighted by atomic mass is 10.2. The van der Waals surface area contributed by atoms with Gasteiger partial charge in [-0.15, -0.1) is 10.2 Å². The normalized spacial score (nSPS) is 18.6. The molecule has 0 amide bonds. The summed E-state index contributed by atoms with van der Waals surface area (Å²) in [6.45, 7) is 0.979. The summed E-state index contributed by atoms with van der Waals surface area (Å²) < 4.78 is 0. The maximum atomic E-state index is 5.89. The molecule has 0 spiro atoms. The molecule has 1 saturated heterocycles. The number of anilines is 1. The van der Waals surface area contributed by atoms with E-state index in [2.05, 4.69) is 27.3 Å². The zero-order valence-electron chi connectivity index (χ0n) is 11.4. The van der Waals surface area contributed by atoms with E-state index in [4.69, 9.17) is 11.6 Å². The van der Waals surface area contributed by atoms with Gasteiger partial charge in [0.15, 0.2) is 0 Å². The molecule has 2 heterocycles. The van der Waals surface area contributed by atoms with E-state index < -0.39 is 0 Å². The average molecular weight is 358 g/mol. The van der Waals surface area contributed by atoms with Crippen molar-refractivity contribution in [2.45, 2.75) is 11.7 Å². The summed E-state index contributed by atoms with van der Waals surface area (Å²) in [6, 6.07) is 7.89. The fourth-order valence-corrected chi connectivity index (χ4v) is 5.55. The molecule has 3 nitrogen and oxygen atoms in total. The van der Waals surface area contributed by atoms with Gasteiger partial charge in [-0.1, -0.05) is 35.1 Å². The predicted molar refractivity (Wildman–Crippen MR) is 96.2 cm³/mol. The summed E-state index contributed by atoms with van der Waals surface area (Å²) in [5.41, 5.74) is 1.21. The molecule has 3 rings (SSSR count). The van der Waals surface area contributed by atoms with Gasteiger partial charge in [0.05, 0.1) is 0 Å². The molecular formula is C14H16ClN3S3. The van der Waals surface area contributed by atoms with Crippen molar-refractivity contribution in [1.82, 2.24) is 10.2 Å². The zero-order valence-corrected chi connectivity index (χ0v) is 14.6. The molecule has 112 valence electrons. The van der Waals surface area contributed by atoms with Crippen molar-refractivity contribution in [2.75, 3.05) is 29.1 Å². The smallest absolute Gasteiger partial charge is 0.205 e. The third-order valence-corrected chi connectivity index (χ3v) is 7.08. The maximum absolute atomic E-state index is 5.89. The minimum absolute atomic E-state index is 0.687. The van der Waals surface area contributed by atoms with Crippen molar-refractivity contribution in [3.8, 4) is 0 Å². The van der Waals surface area contributed by atoms with Gasteiger partial charge in [-0.2, -0.15) is 23.5 Å². The third-order valence-electron chi connectivity index (χ3n) is 3.10. The molecule has 0 saturated carbocycles. The first-order chi connectivity index (χ1) is 10.3. The second-order valence-electron chi connectivity index (χ2n) is 4.75. The van der Waals surface area contributed by atoms with Crippen LogP contribution in [0, 0.1) is 0 Å². The Morgan fingerprint density at radius 3 is 2.81 bits per heavy atom. The summed E-state index contributed by atoms with van der Waals surface area (Å²) in [4.78, 5) is 0. The number of benzene rings is 1. The molecule has 7 heteroatoms. The lowest BCUT2D eigenvalue weighted by molar-refractivity contribution is 0.966. The molecule has 1 N–H and O–H groups in total. The molecule has 0 aliphatic carbocycles. The molecule has 21 heavy (non-hydrogen) atoms. The molecule has 1 atom stereocenters. The van der Waals surface area contributed by atoms with Crippen LogP contribution in [-0.2, 0) is 6.42 Å². The van der Waals surface area contributed by atoms with Gasteiger partial charge in [-0.25, -0.2) is 0 Å². The molecule has 0 radical (unpaired) electrons. The number of nitrogens with zero attached hydrogens (tertiary/aromatic N) is 2. The predicted octanol–water partition coefficient (Wildman–Crippen LogP) is 4.04. The Balaban J connectivity index is 1.52. The summed E-state index contributed by atoms with van der Waals surface area (Å²) in [5, 5.41) is 15.3. The molecule has 0 bridgehead atoms. The van der Waals surface area contributed by atoms with E-state index in [9.17, 15) is 0 Å². The van der Waals surface area contributed by atoms with Crippen LogP contribution in [0.5, 0.6) is 0 Å². The van der Waals surface area contributed by atoms with Gasteiger partial charge >= 0.3 is 0 Å². The van der Waals surface area contributed by atoms with Crippen LogP contribution in [0.15, 0.2) is 24.3 Å². The third kappa shape index (κ3) is 4.77. The van der Waals surface area contributed by atoms with E-state index in [1.54, 1.807) is 11.3 Å². The van der Waals surface area contributed by atoms with Crippen molar-refractivity contribution in [2.24, 2.45) is 0 Å². The van der Waals surface area contributed by atoms with Crippen molar-refractivity contribution < 1.29 is 0 Å². The monoisotopic (exact) mass is 357 g/mol. The average Bonchev–Trinajstić information content (AvgIpc) is 2.96. The van der Waals surface area contributed by atoms with Crippen LogP contribution in [0.2, 0.25) is 5.02 Å². The highest BCUT2D eigenvalue weighted by Crippen LogP contribution is 2.25. The van der Waals surface area contributed by atoms with Crippen LogP contribution in [-0.4, -0.2) is 39.3 Å². The van der Waals surface area contributed by atoms with Crippen LogP contribution in [0.3, 0.4) is 0 Å². The van der Waals surface area contributed by atoms with Crippen LogP contribution in [0.25, 0.3) is 0 Å². The van der Waals surface area contributed by atoms with Gasteiger partial charge in [0.2, 0.25) is 5.13 Å². The second-order valence-corrected chi connectivity index (χ2v) is 8.81. The van der Waals surface area contributed by atoms with Crippen molar-refractivity contribution in [3.63, 3.8) is 0 Å². The van der Waals surface area contributed by atoms with Crippen LogP contribution >= 0.6 is 46.5 Å². The number of hydrogen-bond donors (Lipinski definition) is 1. The van der Waals surface area contributed by atoms with Crippen molar-refractivity contribution in [1.29, 1.82) is 0 Å². The Morgan fingerprint density at radius 1 is 1.19 bits per heavy atom. The first kappa shape index (κ1) is 15.5. The fourth-order valence-electron chi connectivity index (χ4n) is 2.03. The quantitative estimate of drug-likeness (QED) is 0.874. The van der Waals surface area contributed by atoms with Gasteiger partial charge in [-0.05, 0) is 17.7 Å². The number of aromatic nitrogens is 2. The summed E-state index contributed by atoms with van der Waals surface area (Å²) in [7, 11) is 0. The van der Waals surface area contributed by atoms with E-state index in [1.165, 1.54) is 22.8 Å².